The predicted molar refractivity (Wildman–Crippen MR) is 99.4 cm³/mol. The van der Waals surface area contributed by atoms with E-state index < -0.39 is 13.9 Å². The highest BCUT2D eigenvalue weighted by atomic mass is 79.9. The number of hydrogen-bond acceptors (Lipinski definition) is 4. The molecule has 1 aromatic rings. The number of nitrogen functional groups attached to an aromatic ring is 1. The molecule has 2 fully saturated rings. The molecule has 3 rings (SSSR count). The lowest BCUT2D eigenvalue weighted by molar-refractivity contribution is 0.101. The maximum absolute atomic E-state index is 10.8. The average Bonchev–Trinajstić information content (AvgIpc) is 2.88. The number of aryl methyl sites for hydroxylation is 1. The minimum absolute atomic E-state index is 0.0487. The van der Waals surface area contributed by atoms with E-state index in [1.165, 1.54) is 5.56 Å². The number of hydrogen-bond donors (Lipinski definition) is 4. The van der Waals surface area contributed by atoms with Gasteiger partial charge in [0, 0.05) is 29.0 Å². The Morgan fingerprint density at radius 2 is 1.96 bits per heavy atom. The standard InChI is InChI=1S/C8H14BrClNO4P.C7H9N/c9-4-1-2-5-7(8(4)10)6(3-11-5)15-16(12,13)14;1-6-2-4-7(8)5-3-6/h4-8,11H,1-3H2,(H2,12,13,14);2-5H,8H2,1H3. The van der Waals surface area contributed by atoms with Gasteiger partial charge in [-0.2, -0.15) is 0 Å². The van der Waals surface area contributed by atoms with E-state index in [0.717, 1.165) is 18.5 Å². The van der Waals surface area contributed by atoms with Gasteiger partial charge in [0.2, 0.25) is 0 Å². The van der Waals surface area contributed by atoms with Crippen molar-refractivity contribution < 1.29 is 18.9 Å². The average molecular weight is 442 g/mol. The van der Waals surface area contributed by atoms with Crippen molar-refractivity contribution in [1.29, 1.82) is 0 Å². The molecular weight excluding hydrogens is 419 g/mol. The van der Waals surface area contributed by atoms with Crippen LogP contribution >= 0.6 is 35.4 Å². The van der Waals surface area contributed by atoms with Crippen molar-refractivity contribution in [2.24, 2.45) is 5.92 Å². The lowest BCUT2D eigenvalue weighted by atomic mass is 9.83. The normalized spacial score (nSPS) is 32.6. The van der Waals surface area contributed by atoms with Crippen LogP contribution in [0.25, 0.3) is 0 Å². The lowest BCUT2D eigenvalue weighted by Gasteiger charge is -2.35. The second kappa shape index (κ2) is 8.49. The first-order valence-corrected chi connectivity index (χ1v) is 10.6. The van der Waals surface area contributed by atoms with Crippen LogP contribution in [0.5, 0.6) is 0 Å². The topological polar surface area (TPSA) is 105 Å². The number of halogens is 2. The van der Waals surface area contributed by atoms with E-state index in [1.54, 1.807) is 0 Å². The molecule has 5 atom stereocenters. The highest BCUT2D eigenvalue weighted by Crippen LogP contribution is 2.45. The van der Waals surface area contributed by atoms with Crippen molar-refractivity contribution in [3.05, 3.63) is 29.8 Å². The molecule has 1 aromatic carbocycles. The summed E-state index contributed by atoms with van der Waals surface area (Å²) >= 11 is 9.76. The molecule has 1 heterocycles. The van der Waals surface area contributed by atoms with Gasteiger partial charge in [-0.3, -0.25) is 4.52 Å². The van der Waals surface area contributed by atoms with E-state index in [-0.39, 0.29) is 22.2 Å². The van der Waals surface area contributed by atoms with Crippen LogP contribution in [0.2, 0.25) is 0 Å². The summed E-state index contributed by atoms with van der Waals surface area (Å²) in [6, 6.07) is 7.99. The summed E-state index contributed by atoms with van der Waals surface area (Å²) < 4.78 is 15.6. The highest BCUT2D eigenvalue weighted by Gasteiger charge is 2.48. The molecule has 0 amide bonds. The molecule has 1 aliphatic carbocycles. The molecule has 9 heteroatoms. The number of rotatable bonds is 2. The zero-order chi connectivity index (χ0) is 17.9. The zero-order valence-electron chi connectivity index (χ0n) is 13.3. The summed E-state index contributed by atoms with van der Waals surface area (Å²) in [5, 5.41) is 3.05. The molecule has 0 aromatic heterocycles. The van der Waals surface area contributed by atoms with Gasteiger partial charge in [0.15, 0.2) is 0 Å². The van der Waals surface area contributed by atoms with Gasteiger partial charge in [0.1, 0.15) is 0 Å². The van der Waals surface area contributed by atoms with Crippen LogP contribution in [0.4, 0.5) is 5.69 Å². The molecule has 5 N–H and O–H groups in total. The highest BCUT2D eigenvalue weighted by molar-refractivity contribution is 9.09. The number of phosphoric acid groups is 1. The summed E-state index contributed by atoms with van der Waals surface area (Å²) in [7, 11) is -4.44. The Morgan fingerprint density at radius 3 is 2.50 bits per heavy atom. The zero-order valence-corrected chi connectivity index (χ0v) is 16.5. The fraction of sp³-hybridized carbons (Fsp3) is 0.600. The number of nitrogens with two attached hydrogens (primary N) is 1. The third-order valence-electron chi connectivity index (χ3n) is 4.29. The second-order valence-electron chi connectivity index (χ2n) is 6.17. The van der Waals surface area contributed by atoms with Gasteiger partial charge < -0.3 is 20.8 Å². The van der Waals surface area contributed by atoms with Crippen LogP contribution in [-0.4, -0.2) is 38.7 Å². The third-order valence-corrected chi connectivity index (χ3v) is 6.76. The van der Waals surface area contributed by atoms with Crippen molar-refractivity contribution in [3.63, 3.8) is 0 Å². The van der Waals surface area contributed by atoms with E-state index >= 15 is 0 Å². The number of nitrogens with one attached hydrogen (secondary N) is 1. The fourth-order valence-corrected chi connectivity index (χ4v) is 4.76. The number of benzene rings is 1. The smallest absolute Gasteiger partial charge is 0.399 e. The van der Waals surface area contributed by atoms with E-state index in [1.807, 2.05) is 31.2 Å². The first kappa shape index (κ1) is 20.2. The Bertz CT molecular complexity index is 564. The van der Waals surface area contributed by atoms with Gasteiger partial charge in [-0.25, -0.2) is 4.57 Å². The maximum Gasteiger partial charge on any atom is 0.469 e. The van der Waals surface area contributed by atoms with Crippen molar-refractivity contribution in [3.8, 4) is 0 Å². The number of alkyl halides is 2. The van der Waals surface area contributed by atoms with Crippen molar-refractivity contribution in [2.75, 3.05) is 12.3 Å². The van der Waals surface area contributed by atoms with Gasteiger partial charge in [-0.05, 0) is 31.9 Å². The minimum atomic E-state index is -4.44. The molecule has 0 bridgehead atoms. The lowest BCUT2D eigenvalue weighted by Crippen LogP contribution is -2.43. The monoisotopic (exact) mass is 440 g/mol. The first-order valence-electron chi connectivity index (χ1n) is 7.75. The van der Waals surface area contributed by atoms with Gasteiger partial charge in [0.05, 0.1) is 11.5 Å². The number of fused-ring (bicyclic) bond motifs is 1. The second-order valence-corrected chi connectivity index (χ2v) is 9.05. The first-order chi connectivity index (χ1) is 11.2. The Morgan fingerprint density at radius 1 is 1.33 bits per heavy atom. The predicted octanol–water partition coefficient (Wildman–Crippen LogP) is 2.79. The van der Waals surface area contributed by atoms with E-state index in [2.05, 4.69) is 21.2 Å². The van der Waals surface area contributed by atoms with Crippen LogP contribution in [0, 0.1) is 12.8 Å². The van der Waals surface area contributed by atoms with Gasteiger partial charge >= 0.3 is 7.82 Å². The largest absolute Gasteiger partial charge is 0.469 e. The number of phosphoric ester groups is 1. The van der Waals surface area contributed by atoms with Crippen molar-refractivity contribution in [1.82, 2.24) is 5.32 Å². The third kappa shape index (κ3) is 5.70. The summed E-state index contributed by atoms with van der Waals surface area (Å²) in [5.74, 6) is -0.0487. The molecule has 6 nitrogen and oxygen atoms in total. The quantitative estimate of drug-likeness (QED) is 0.320. The van der Waals surface area contributed by atoms with E-state index in [4.69, 9.17) is 31.6 Å². The summed E-state index contributed by atoms with van der Waals surface area (Å²) in [6.07, 6.45) is 1.41. The van der Waals surface area contributed by atoms with Crippen LogP contribution in [0.15, 0.2) is 24.3 Å². The minimum Gasteiger partial charge on any atom is -0.399 e. The van der Waals surface area contributed by atoms with Crippen LogP contribution in [0.3, 0.4) is 0 Å². The van der Waals surface area contributed by atoms with Crippen LogP contribution in [-0.2, 0) is 9.09 Å². The molecular formula is C15H23BrClN2O4P. The Kier molecular flexibility index (Phi) is 7.14. The Labute approximate surface area is 155 Å². The summed E-state index contributed by atoms with van der Waals surface area (Å²) in [4.78, 5) is 17.8. The fourth-order valence-electron chi connectivity index (χ4n) is 3.11. The molecule has 1 aliphatic heterocycles. The summed E-state index contributed by atoms with van der Waals surface area (Å²) in [6.45, 7) is 2.49. The Hall–Kier alpha value is -0.140. The molecule has 0 spiro atoms. The summed E-state index contributed by atoms with van der Waals surface area (Å²) in [5.41, 5.74) is 7.51. The van der Waals surface area contributed by atoms with Gasteiger partial charge in [-0.15, -0.1) is 11.6 Å². The molecule has 5 unspecified atom stereocenters. The SMILES string of the molecule is Cc1ccc(N)cc1.O=P(O)(O)OC1CNC2CCC(Br)C(Cl)C21. The number of anilines is 1. The van der Waals surface area contributed by atoms with Crippen LogP contribution < -0.4 is 11.1 Å². The van der Waals surface area contributed by atoms with E-state index in [0.29, 0.717) is 6.54 Å². The van der Waals surface area contributed by atoms with Crippen molar-refractivity contribution in [2.45, 2.75) is 42.1 Å². The maximum atomic E-state index is 10.8. The van der Waals surface area contributed by atoms with Crippen LogP contribution in [0.1, 0.15) is 18.4 Å². The van der Waals surface area contributed by atoms with E-state index in [9.17, 15) is 4.57 Å². The molecule has 1 saturated carbocycles. The van der Waals surface area contributed by atoms with Gasteiger partial charge in [-0.1, -0.05) is 33.6 Å². The molecule has 0 radical (unpaired) electrons. The molecule has 136 valence electrons. The Balaban J connectivity index is 0.000000219. The molecule has 2 aliphatic rings. The molecule has 24 heavy (non-hydrogen) atoms. The van der Waals surface area contributed by atoms with Gasteiger partial charge in [0.25, 0.3) is 0 Å². The van der Waals surface area contributed by atoms with Crippen molar-refractivity contribution >= 4 is 41.0 Å². The molecule has 1 saturated heterocycles.